The number of carbonyl (C=O) groups is 2. The van der Waals surface area contributed by atoms with E-state index in [4.69, 9.17) is 0 Å². The maximum Gasteiger partial charge on any atom is 0.317 e. The molecule has 0 aromatic carbocycles. The molecule has 1 saturated heterocycles. The molecule has 0 aromatic heterocycles. The molecule has 0 aromatic rings. The summed E-state index contributed by atoms with van der Waals surface area (Å²) < 4.78 is 0. The summed E-state index contributed by atoms with van der Waals surface area (Å²) in [6, 6.07) is 0.191. The molecule has 21 heavy (non-hydrogen) atoms. The highest BCUT2D eigenvalue weighted by Crippen LogP contribution is 2.34. The maximum absolute atomic E-state index is 12.4. The van der Waals surface area contributed by atoms with Gasteiger partial charge in [0.05, 0.1) is 5.41 Å². The first-order valence-corrected chi connectivity index (χ1v) is 8.36. The van der Waals surface area contributed by atoms with Crippen LogP contribution in [0.1, 0.15) is 64.7 Å². The molecule has 5 heteroatoms. The molecule has 2 fully saturated rings. The monoisotopic (exact) mass is 296 g/mol. The van der Waals surface area contributed by atoms with Crippen LogP contribution in [0.3, 0.4) is 0 Å². The van der Waals surface area contributed by atoms with Crippen LogP contribution in [0.2, 0.25) is 0 Å². The zero-order valence-corrected chi connectivity index (χ0v) is 13.1. The van der Waals surface area contributed by atoms with Crippen LogP contribution in [0, 0.1) is 5.41 Å². The average Bonchev–Trinajstić information content (AvgIpc) is 2.87. The molecule has 1 aliphatic carbocycles. The maximum atomic E-state index is 12.4. The highest BCUT2D eigenvalue weighted by atomic mass is 16.4. The number of rotatable bonds is 3. The van der Waals surface area contributed by atoms with Crippen LogP contribution < -0.4 is 5.32 Å². The molecule has 2 aliphatic rings. The second-order valence-corrected chi connectivity index (χ2v) is 6.60. The van der Waals surface area contributed by atoms with Crippen molar-refractivity contribution in [3.63, 3.8) is 0 Å². The summed E-state index contributed by atoms with van der Waals surface area (Å²) >= 11 is 0. The molecule has 5 nitrogen and oxygen atoms in total. The lowest BCUT2D eigenvalue weighted by Crippen LogP contribution is -2.45. The Hall–Kier alpha value is -1.26. The summed E-state index contributed by atoms with van der Waals surface area (Å²) in [5.74, 6) is -0.772. The van der Waals surface area contributed by atoms with Gasteiger partial charge >= 0.3 is 12.0 Å². The van der Waals surface area contributed by atoms with Crippen LogP contribution in [-0.2, 0) is 4.79 Å². The predicted molar refractivity (Wildman–Crippen MR) is 81.2 cm³/mol. The van der Waals surface area contributed by atoms with Crippen molar-refractivity contribution in [2.45, 2.75) is 70.8 Å². The van der Waals surface area contributed by atoms with Crippen LogP contribution in [0.5, 0.6) is 0 Å². The summed E-state index contributed by atoms with van der Waals surface area (Å²) in [4.78, 5) is 25.5. The van der Waals surface area contributed by atoms with Crippen molar-refractivity contribution in [2.75, 3.05) is 13.1 Å². The molecular weight excluding hydrogens is 268 g/mol. The molecule has 1 saturated carbocycles. The van der Waals surface area contributed by atoms with Crippen molar-refractivity contribution >= 4 is 12.0 Å². The van der Waals surface area contributed by atoms with Crippen molar-refractivity contribution < 1.29 is 14.7 Å². The van der Waals surface area contributed by atoms with Crippen molar-refractivity contribution in [3.8, 4) is 0 Å². The van der Waals surface area contributed by atoms with E-state index in [0.29, 0.717) is 25.9 Å². The van der Waals surface area contributed by atoms with Crippen LogP contribution in [0.4, 0.5) is 4.79 Å². The summed E-state index contributed by atoms with van der Waals surface area (Å²) in [7, 11) is 0. The van der Waals surface area contributed by atoms with Crippen LogP contribution in [0.15, 0.2) is 0 Å². The van der Waals surface area contributed by atoms with Gasteiger partial charge in [-0.05, 0) is 25.7 Å². The second-order valence-electron chi connectivity index (χ2n) is 6.60. The number of amides is 2. The van der Waals surface area contributed by atoms with Crippen LogP contribution in [-0.4, -0.2) is 41.1 Å². The lowest BCUT2D eigenvalue weighted by Gasteiger charge is -2.26. The second kappa shape index (κ2) is 7.14. The number of nitrogens with one attached hydrogen (secondary N) is 1. The fourth-order valence-electron chi connectivity index (χ4n) is 3.53. The predicted octanol–water partition coefficient (Wildman–Crippen LogP) is 3.00. The van der Waals surface area contributed by atoms with Crippen molar-refractivity contribution in [1.29, 1.82) is 0 Å². The third-order valence-corrected chi connectivity index (χ3v) is 5.20. The first kappa shape index (κ1) is 16.1. The summed E-state index contributed by atoms with van der Waals surface area (Å²) in [6.07, 6.45) is 9.44. The minimum absolute atomic E-state index is 0.0721. The Kier molecular flexibility index (Phi) is 5.48. The average molecular weight is 296 g/mol. The van der Waals surface area contributed by atoms with E-state index < -0.39 is 11.4 Å². The van der Waals surface area contributed by atoms with Gasteiger partial charge in [0.1, 0.15) is 0 Å². The van der Waals surface area contributed by atoms with Gasteiger partial charge in [-0.2, -0.15) is 0 Å². The van der Waals surface area contributed by atoms with E-state index >= 15 is 0 Å². The number of likely N-dealkylation sites (tertiary alicyclic amines) is 1. The number of carbonyl (C=O) groups excluding carboxylic acids is 1. The minimum atomic E-state index is -0.772. The summed E-state index contributed by atoms with van der Waals surface area (Å²) in [6.45, 7) is 2.79. The molecule has 2 amide bonds. The van der Waals surface area contributed by atoms with E-state index in [1.807, 2.05) is 6.92 Å². The Morgan fingerprint density at radius 1 is 1.19 bits per heavy atom. The summed E-state index contributed by atoms with van der Waals surface area (Å²) in [5.41, 5.74) is -0.738. The van der Waals surface area contributed by atoms with Gasteiger partial charge in [0.15, 0.2) is 0 Å². The van der Waals surface area contributed by atoms with Crippen molar-refractivity contribution in [2.24, 2.45) is 5.41 Å². The molecule has 2 rings (SSSR count). The number of nitrogens with zero attached hydrogens (tertiary/aromatic N) is 1. The molecular formula is C16H28N2O3. The van der Waals surface area contributed by atoms with Gasteiger partial charge in [-0.1, -0.05) is 39.0 Å². The normalized spacial score (nSPS) is 28.0. The van der Waals surface area contributed by atoms with E-state index in [1.165, 1.54) is 32.1 Å². The quantitative estimate of drug-likeness (QED) is 0.841. The van der Waals surface area contributed by atoms with Crippen LogP contribution in [0.25, 0.3) is 0 Å². The highest BCUT2D eigenvalue weighted by Gasteiger charge is 2.44. The molecule has 1 atom stereocenters. The Balaban J connectivity index is 1.87. The molecule has 0 bridgehead atoms. The largest absolute Gasteiger partial charge is 0.481 e. The van der Waals surface area contributed by atoms with Gasteiger partial charge in [0.25, 0.3) is 0 Å². The Bertz CT molecular complexity index is 378. The topological polar surface area (TPSA) is 69.6 Å². The lowest BCUT2D eigenvalue weighted by atomic mass is 9.84. The van der Waals surface area contributed by atoms with Gasteiger partial charge in [-0.15, -0.1) is 0 Å². The molecule has 1 aliphatic heterocycles. The van der Waals surface area contributed by atoms with Gasteiger partial charge in [-0.3, -0.25) is 4.79 Å². The Morgan fingerprint density at radius 3 is 2.33 bits per heavy atom. The van der Waals surface area contributed by atoms with Crippen molar-refractivity contribution in [3.05, 3.63) is 0 Å². The highest BCUT2D eigenvalue weighted by molar-refractivity contribution is 5.79. The standard InChI is InChI=1S/C16H28N2O3/c1-2-16(14(19)20)10-11-18(12-16)15(21)17-13-8-6-4-3-5-7-9-13/h13H,2-12H2,1H3,(H,17,21)(H,19,20). The zero-order chi connectivity index (χ0) is 15.3. The Morgan fingerprint density at radius 2 is 1.81 bits per heavy atom. The molecule has 2 N–H and O–H groups in total. The number of hydrogen-bond acceptors (Lipinski definition) is 2. The smallest absolute Gasteiger partial charge is 0.317 e. The van der Waals surface area contributed by atoms with Gasteiger partial charge in [0.2, 0.25) is 0 Å². The number of carboxylic acid groups (broad SMARTS) is 1. The molecule has 0 spiro atoms. The van der Waals surface area contributed by atoms with Gasteiger partial charge < -0.3 is 15.3 Å². The number of aliphatic carboxylic acids is 1. The molecule has 1 heterocycles. The first-order valence-electron chi connectivity index (χ1n) is 8.36. The number of urea groups is 1. The fourth-order valence-corrected chi connectivity index (χ4v) is 3.53. The Labute approximate surface area is 127 Å². The fraction of sp³-hybridized carbons (Fsp3) is 0.875. The van der Waals surface area contributed by atoms with E-state index in [0.717, 1.165) is 12.8 Å². The van der Waals surface area contributed by atoms with E-state index in [2.05, 4.69) is 5.32 Å². The molecule has 1 unspecified atom stereocenters. The first-order chi connectivity index (χ1) is 10.1. The summed E-state index contributed by atoms with van der Waals surface area (Å²) in [5, 5.41) is 12.5. The number of hydrogen-bond donors (Lipinski definition) is 2. The minimum Gasteiger partial charge on any atom is -0.481 e. The third kappa shape index (κ3) is 3.89. The lowest BCUT2D eigenvalue weighted by molar-refractivity contribution is -0.148. The SMILES string of the molecule is CCC1(C(=O)O)CCN(C(=O)NC2CCCCCCC2)C1. The number of carboxylic acids is 1. The van der Waals surface area contributed by atoms with Crippen molar-refractivity contribution in [1.82, 2.24) is 10.2 Å². The molecule has 0 radical (unpaired) electrons. The van der Waals surface area contributed by atoms with Crippen LogP contribution >= 0.6 is 0 Å². The third-order valence-electron chi connectivity index (χ3n) is 5.20. The van der Waals surface area contributed by atoms with E-state index in [-0.39, 0.29) is 12.1 Å². The van der Waals surface area contributed by atoms with Gasteiger partial charge in [-0.25, -0.2) is 4.79 Å². The zero-order valence-electron chi connectivity index (χ0n) is 13.1. The van der Waals surface area contributed by atoms with E-state index in [1.54, 1.807) is 4.90 Å². The van der Waals surface area contributed by atoms with E-state index in [9.17, 15) is 14.7 Å². The van der Waals surface area contributed by atoms with Gasteiger partial charge in [0, 0.05) is 19.1 Å². The molecule has 120 valence electrons.